The molecule has 1 heterocycles. The number of hydrogen-bond donors (Lipinski definition) is 3. The van der Waals surface area contributed by atoms with Crippen LogP contribution < -0.4 is 5.32 Å². The molecule has 1 aromatic heterocycles. The summed E-state index contributed by atoms with van der Waals surface area (Å²) in [7, 11) is 1.93. The molecular weight excluding hydrogens is 218 g/mol. The van der Waals surface area contributed by atoms with Crippen LogP contribution in [0.1, 0.15) is 23.9 Å². The van der Waals surface area contributed by atoms with E-state index in [0.717, 1.165) is 11.4 Å². The minimum Gasteiger partial charge on any atom is -0.396 e. The quantitative estimate of drug-likeness (QED) is 0.661. The second kappa shape index (κ2) is 5.62. The molecule has 0 aliphatic carbocycles. The minimum absolute atomic E-state index is 0.0263. The lowest BCUT2D eigenvalue weighted by molar-refractivity contribution is 0.0695. The van der Waals surface area contributed by atoms with E-state index in [1.54, 1.807) is 0 Å². The van der Waals surface area contributed by atoms with Gasteiger partial charge in [0.05, 0.1) is 18.9 Å². The molecule has 0 bridgehead atoms. The molecule has 17 heavy (non-hydrogen) atoms. The number of aliphatic hydroxyl groups excluding tert-OH is 2. The molecule has 0 saturated carbocycles. The van der Waals surface area contributed by atoms with Crippen LogP contribution >= 0.6 is 0 Å². The van der Waals surface area contributed by atoms with Gasteiger partial charge in [0.15, 0.2) is 0 Å². The van der Waals surface area contributed by atoms with E-state index < -0.39 is 5.41 Å². The third-order valence-electron chi connectivity index (χ3n) is 3.28. The van der Waals surface area contributed by atoms with Gasteiger partial charge in [-0.3, -0.25) is 4.68 Å². The highest BCUT2D eigenvalue weighted by Crippen LogP contribution is 2.14. The molecule has 98 valence electrons. The maximum Gasteiger partial charge on any atom is 0.0641 e. The van der Waals surface area contributed by atoms with Gasteiger partial charge in [-0.25, -0.2) is 0 Å². The van der Waals surface area contributed by atoms with E-state index in [2.05, 4.69) is 10.4 Å². The zero-order valence-corrected chi connectivity index (χ0v) is 11.1. The van der Waals surface area contributed by atoms with Crippen molar-refractivity contribution in [1.29, 1.82) is 0 Å². The molecule has 0 radical (unpaired) electrons. The van der Waals surface area contributed by atoms with Gasteiger partial charge >= 0.3 is 0 Å². The van der Waals surface area contributed by atoms with Crippen LogP contribution in [0.25, 0.3) is 0 Å². The Labute approximate surface area is 102 Å². The summed E-state index contributed by atoms with van der Waals surface area (Å²) < 4.78 is 1.86. The maximum atomic E-state index is 9.18. The van der Waals surface area contributed by atoms with Crippen molar-refractivity contribution in [1.82, 2.24) is 15.1 Å². The fraction of sp³-hybridized carbons (Fsp3) is 0.750. The van der Waals surface area contributed by atoms with Crippen LogP contribution in [0.15, 0.2) is 0 Å². The molecule has 0 aliphatic rings. The largest absolute Gasteiger partial charge is 0.396 e. The summed E-state index contributed by atoms with van der Waals surface area (Å²) in [5.41, 5.74) is 2.88. The van der Waals surface area contributed by atoms with Gasteiger partial charge in [0.1, 0.15) is 0 Å². The Kier molecular flexibility index (Phi) is 4.68. The summed E-state index contributed by atoms with van der Waals surface area (Å²) >= 11 is 0. The summed E-state index contributed by atoms with van der Waals surface area (Å²) in [5, 5.41) is 26.0. The molecule has 5 nitrogen and oxygen atoms in total. The van der Waals surface area contributed by atoms with Gasteiger partial charge in [0.2, 0.25) is 0 Å². The normalized spacial score (nSPS) is 12.1. The van der Waals surface area contributed by atoms with E-state index in [1.807, 2.05) is 32.5 Å². The average Bonchev–Trinajstić information content (AvgIpc) is 2.55. The van der Waals surface area contributed by atoms with Crippen LogP contribution in [0.3, 0.4) is 0 Å². The zero-order chi connectivity index (χ0) is 13.1. The third-order valence-corrected chi connectivity index (χ3v) is 3.28. The molecule has 1 rings (SSSR count). The van der Waals surface area contributed by atoms with Crippen molar-refractivity contribution in [2.75, 3.05) is 19.8 Å². The van der Waals surface area contributed by atoms with E-state index in [-0.39, 0.29) is 13.2 Å². The van der Waals surface area contributed by atoms with Gasteiger partial charge in [0.25, 0.3) is 0 Å². The monoisotopic (exact) mass is 241 g/mol. The molecular formula is C12H23N3O2. The summed E-state index contributed by atoms with van der Waals surface area (Å²) in [4.78, 5) is 0. The Morgan fingerprint density at radius 2 is 1.88 bits per heavy atom. The number of rotatable bonds is 6. The van der Waals surface area contributed by atoms with Crippen LogP contribution in [-0.4, -0.2) is 39.8 Å². The highest BCUT2D eigenvalue weighted by atomic mass is 16.3. The highest BCUT2D eigenvalue weighted by molar-refractivity contribution is 5.23. The van der Waals surface area contributed by atoms with Crippen molar-refractivity contribution >= 4 is 0 Å². The lowest BCUT2D eigenvalue weighted by Gasteiger charge is -2.24. The number of nitrogens with zero attached hydrogens (tertiary/aromatic N) is 2. The van der Waals surface area contributed by atoms with Crippen LogP contribution in [-0.2, 0) is 13.6 Å². The standard InChI is InChI=1S/C12H23N3O2/c1-9-11(10(2)15(4)14-9)5-13-6-12(3,7-16)8-17/h13,16-17H,5-8H2,1-4H3. The van der Waals surface area contributed by atoms with Gasteiger partial charge in [-0.2, -0.15) is 5.10 Å². The molecule has 0 fully saturated rings. The SMILES string of the molecule is Cc1nn(C)c(C)c1CNCC(C)(CO)CO. The van der Waals surface area contributed by atoms with Crippen LogP contribution in [0, 0.1) is 19.3 Å². The minimum atomic E-state index is -0.468. The first-order valence-electron chi connectivity index (χ1n) is 5.85. The van der Waals surface area contributed by atoms with Crippen molar-refractivity contribution in [3.8, 4) is 0 Å². The second-order valence-corrected chi connectivity index (χ2v) is 5.00. The molecule has 1 aromatic rings. The third kappa shape index (κ3) is 3.28. The van der Waals surface area contributed by atoms with Gasteiger partial charge in [-0.05, 0) is 13.8 Å². The Morgan fingerprint density at radius 3 is 2.29 bits per heavy atom. The number of aryl methyl sites for hydroxylation is 2. The summed E-state index contributed by atoms with van der Waals surface area (Å²) in [5.74, 6) is 0. The molecule has 0 unspecified atom stereocenters. The fourth-order valence-electron chi connectivity index (χ4n) is 1.72. The summed E-state index contributed by atoms with van der Waals surface area (Å²) in [6, 6.07) is 0. The molecule has 0 amide bonds. The van der Waals surface area contributed by atoms with Gasteiger partial charge in [0, 0.05) is 36.8 Å². The zero-order valence-electron chi connectivity index (χ0n) is 11.1. The van der Waals surface area contributed by atoms with Gasteiger partial charge in [-0.15, -0.1) is 0 Å². The Morgan fingerprint density at radius 1 is 1.29 bits per heavy atom. The fourth-order valence-corrected chi connectivity index (χ4v) is 1.72. The van der Waals surface area contributed by atoms with Crippen LogP contribution in [0.5, 0.6) is 0 Å². The van der Waals surface area contributed by atoms with Crippen molar-refractivity contribution in [3.05, 3.63) is 17.0 Å². The lowest BCUT2D eigenvalue weighted by atomic mass is 9.93. The van der Waals surface area contributed by atoms with Crippen molar-refractivity contribution in [2.24, 2.45) is 12.5 Å². The Hall–Kier alpha value is -0.910. The van der Waals surface area contributed by atoms with Crippen LogP contribution in [0.4, 0.5) is 0 Å². The molecule has 0 spiro atoms. The van der Waals surface area contributed by atoms with E-state index in [4.69, 9.17) is 0 Å². The molecule has 0 aromatic carbocycles. The summed E-state index contributed by atoms with van der Waals surface area (Å²) in [6.07, 6.45) is 0. The van der Waals surface area contributed by atoms with Crippen molar-refractivity contribution in [2.45, 2.75) is 27.3 Å². The number of aromatic nitrogens is 2. The summed E-state index contributed by atoms with van der Waals surface area (Å²) in [6.45, 7) is 7.11. The number of aliphatic hydroxyl groups is 2. The van der Waals surface area contributed by atoms with Crippen molar-refractivity contribution in [3.63, 3.8) is 0 Å². The average molecular weight is 241 g/mol. The van der Waals surface area contributed by atoms with Crippen LogP contribution in [0.2, 0.25) is 0 Å². The highest BCUT2D eigenvalue weighted by Gasteiger charge is 2.22. The van der Waals surface area contributed by atoms with Crippen molar-refractivity contribution < 1.29 is 10.2 Å². The molecule has 5 heteroatoms. The maximum absolute atomic E-state index is 9.18. The molecule has 0 aliphatic heterocycles. The predicted octanol–water partition coefficient (Wildman–Crippen LogP) is 0.117. The first kappa shape index (κ1) is 14.2. The molecule has 3 N–H and O–H groups in total. The lowest BCUT2D eigenvalue weighted by Crippen LogP contribution is -2.37. The number of nitrogens with one attached hydrogen (secondary N) is 1. The first-order chi connectivity index (χ1) is 7.93. The Bertz CT molecular complexity index is 370. The number of hydrogen-bond acceptors (Lipinski definition) is 4. The smallest absolute Gasteiger partial charge is 0.0641 e. The first-order valence-corrected chi connectivity index (χ1v) is 5.85. The van der Waals surface area contributed by atoms with Gasteiger partial charge < -0.3 is 15.5 Å². The van der Waals surface area contributed by atoms with E-state index in [9.17, 15) is 10.2 Å². The second-order valence-electron chi connectivity index (χ2n) is 5.00. The molecule has 0 atom stereocenters. The van der Waals surface area contributed by atoms with E-state index in [0.29, 0.717) is 13.1 Å². The Balaban J connectivity index is 2.57. The van der Waals surface area contributed by atoms with Gasteiger partial charge in [-0.1, -0.05) is 6.92 Å². The van der Waals surface area contributed by atoms with E-state index in [1.165, 1.54) is 5.56 Å². The predicted molar refractivity (Wildman–Crippen MR) is 66.7 cm³/mol. The molecule has 0 saturated heterocycles. The van der Waals surface area contributed by atoms with E-state index >= 15 is 0 Å². The topological polar surface area (TPSA) is 70.3 Å².